The molecule has 144 valence electrons. The standard InChI is InChI=1S/C22H30N4O/c1-18-15-23-9-10-26(18)17-22(27)25-13-11-24(12-14-25)16-20-7-4-6-19-5-2-3-8-21(19)20/h2-8,18,23H,9-17H2,1H3/t18-/m1/s1. The minimum atomic E-state index is 0.286. The van der Waals surface area contributed by atoms with Gasteiger partial charge in [0, 0.05) is 58.4 Å². The van der Waals surface area contributed by atoms with Crippen molar-refractivity contribution in [1.29, 1.82) is 0 Å². The van der Waals surface area contributed by atoms with Crippen LogP contribution in [0.5, 0.6) is 0 Å². The van der Waals surface area contributed by atoms with E-state index in [1.807, 2.05) is 4.90 Å². The molecule has 1 N–H and O–H groups in total. The average Bonchev–Trinajstić information content (AvgIpc) is 2.70. The van der Waals surface area contributed by atoms with Gasteiger partial charge in [-0.05, 0) is 23.3 Å². The molecule has 0 aromatic heterocycles. The summed E-state index contributed by atoms with van der Waals surface area (Å²) in [6.45, 7) is 10.2. The second-order valence-corrected chi connectivity index (χ2v) is 7.82. The normalized spacial score (nSPS) is 22.3. The first-order valence-electron chi connectivity index (χ1n) is 10.1. The Morgan fingerprint density at radius 1 is 1.04 bits per heavy atom. The minimum absolute atomic E-state index is 0.286. The molecule has 2 aromatic rings. The Morgan fingerprint density at radius 3 is 2.63 bits per heavy atom. The first-order valence-corrected chi connectivity index (χ1v) is 10.1. The Balaban J connectivity index is 1.31. The number of rotatable bonds is 4. The number of carbonyl (C=O) groups excluding carboxylic acids is 1. The minimum Gasteiger partial charge on any atom is -0.339 e. The Hall–Kier alpha value is -1.95. The van der Waals surface area contributed by atoms with Crippen molar-refractivity contribution in [2.75, 3.05) is 52.4 Å². The van der Waals surface area contributed by atoms with Gasteiger partial charge in [-0.25, -0.2) is 0 Å². The molecular weight excluding hydrogens is 336 g/mol. The predicted molar refractivity (Wildman–Crippen MR) is 110 cm³/mol. The molecule has 2 aliphatic heterocycles. The van der Waals surface area contributed by atoms with E-state index in [0.29, 0.717) is 12.6 Å². The number of piperazine rings is 2. The number of hydrogen-bond donors (Lipinski definition) is 1. The van der Waals surface area contributed by atoms with Gasteiger partial charge in [0.1, 0.15) is 0 Å². The topological polar surface area (TPSA) is 38.8 Å². The molecule has 0 unspecified atom stereocenters. The van der Waals surface area contributed by atoms with Crippen molar-refractivity contribution < 1.29 is 4.79 Å². The Labute approximate surface area is 161 Å². The summed E-state index contributed by atoms with van der Waals surface area (Å²) in [4.78, 5) is 19.5. The molecule has 0 radical (unpaired) electrons. The largest absolute Gasteiger partial charge is 0.339 e. The fraction of sp³-hybridized carbons (Fsp3) is 0.500. The fourth-order valence-corrected chi connectivity index (χ4v) is 4.22. The van der Waals surface area contributed by atoms with E-state index in [9.17, 15) is 4.79 Å². The van der Waals surface area contributed by atoms with Crippen LogP contribution in [0.25, 0.3) is 10.8 Å². The van der Waals surface area contributed by atoms with Gasteiger partial charge in [0.05, 0.1) is 6.54 Å². The van der Waals surface area contributed by atoms with Crippen molar-refractivity contribution >= 4 is 16.7 Å². The molecule has 4 rings (SSSR count). The van der Waals surface area contributed by atoms with Crippen LogP contribution in [-0.2, 0) is 11.3 Å². The van der Waals surface area contributed by atoms with Crippen LogP contribution in [0, 0.1) is 0 Å². The van der Waals surface area contributed by atoms with E-state index < -0.39 is 0 Å². The Morgan fingerprint density at radius 2 is 1.81 bits per heavy atom. The molecule has 0 aliphatic carbocycles. The van der Waals surface area contributed by atoms with Gasteiger partial charge in [0.25, 0.3) is 0 Å². The molecular formula is C22H30N4O. The zero-order chi connectivity index (χ0) is 18.6. The maximum Gasteiger partial charge on any atom is 0.236 e. The van der Waals surface area contributed by atoms with Gasteiger partial charge < -0.3 is 10.2 Å². The highest BCUT2D eigenvalue weighted by Gasteiger charge is 2.25. The number of carbonyl (C=O) groups is 1. The van der Waals surface area contributed by atoms with E-state index >= 15 is 0 Å². The van der Waals surface area contributed by atoms with Crippen LogP contribution in [-0.4, -0.2) is 79.0 Å². The number of fused-ring (bicyclic) bond motifs is 1. The van der Waals surface area contributed by atoms with Gasteiger partial charge in [-0.15, -0.1) is 0 Å². The van der Waals surface area contributed by atoms with Crippen molar-refractivity contribution in [1.82, 2.24) is 20.0 Å². The van der Waals surface area contributed by atoms with Crippen LogP contribution in [0.4, 0.5) is 0 Å². The van der Waals surface area contributed by atoms with Crippen LogP contribution >= 0.6 is 0 Å². The lowest BCUT2D eigenvalue weighted by Gasteiger charge is -2.38. The molecule has 2 fully saturated rings. The molecule has 5 heteroatoms. The van der Waals surface area contributed by atoms with Crippen molar-refractivity contribution in [3.63, 3.8) is 0 Å². The van der Waals surface area contributed by atoms with Crippen LogP contribution < -0.4 is 5.32 Å². The van der Waals surface area contributed by atoms with Gasteiger partial charge in [-0.2, -0.15) is 0 Å². The third kappa shape index (κ3) is 4.32. The lowest BCUT2D eigenvalue weighted by atomic mass is 10.0. The third-order valence-corrected chi connectivity index (χ3v) is 5.98. The molecule has 2 aromatic carbocycles. The van der Waals surface area contributed by atoms with Crippen LogP contribution in [0.2, 0.25) is 0 Å². The highest BCUT2D eigenvalue weighted by molar-refractivity contribution is 5.85. The number of amides is 1. The summed E-state index contributed by atoms with van der Waals surface area (Å²) < 4.78 is 0. The van der Waals surface area contributed by atoms with Gasteiger partial charge in [0.2, 0.25) is 5.91 Å². The summed E-state index contributed by atoms with van der Waals surface area (Å²) >= 11 is 0. The summed E-state index contributed by atoms with van der Waals surface area (Å²) in [5.74, 6) is 0.286. The maximum atomic E-state index is 12.7. The third-order valence-electron chi connectivity index (χ3n) is 5.98. The number of nitrogens with one attached hydrogen (secondary N) is 1. The monoisotopic (exact) mass is 366 g/mol. The van der Waals surface area contributed by atoms with Crippen molar-refractivity contribution in [2.24, 2.45) is 0 Å². The van der Waals surface area contributed by atoms with Gasteiger partial charge in [-0.3, -0.25) is 14.6 Å². The van der Waals surface area contributed by atoms with E-state index in [1.165, 1.54) is 16.3 Å². The zero-order valence-corrected chi connectivity index (χ0v) is 16.2. The van der Waals surface area contributed by atoms with E-state index in [-0.39, 0.29) is 5.91 Å². The highest BCUT2D eigenvalue weighted by Crippen LogP contribution is 2.20. The summed E-state index contributed by atoms with van der Waals surface area (Å²) in [5.41, 5.74) is 1.38. The smallest absolute Gasteiger partial charge is 0.236 e. The molecule has 5 nitrogen and oxygen atoms in total. The first kappa shape index (κ1) is 18.4. The fourth-order valence-electron chi connectivity index (χ4n) is 4.22. The van der Waals surface area contributed by atoms with E-state index in [4.69, 9.17) is 0 Å². The number of nitrogens with zero attached hydrogens (tertiary/aromatic N) is 3. The van der Waals surface area contributed by atoms with E-state index in [2.05, 4.69) is 64.5 Å². The summed E-state index contributed by atoms with van der Waals surface area (Å²) in [6, 6.07) is 15.6. The molecule has 27 heavy (non-hydrogen) atoms. The molecule has 0 bridgehead atoms. The molecule has 0 spiro atoms. The summed E-state index contributed by atoms with van der Waals surface area (Å²) in [6.07, 6.45) is 0. The maximum absolute atomic E-state index is 12.7. The van der Waals surface area contributed by atoms with Gasteiger partial charge >= 0.3 is 0 Å². The molecule has 0 saturated carbocycles. The second-order valence-electron chi connectivity index (χ2n) is 7.82. The molecule has 2 heterocycles. The molecule has 1 amide bonds. The lowest BCUT2D eigenvalue weighted by Crippen LogP contribution is -2.55. The van der Waals surface area contributed by atoms with Crippen molar-refractivity contribution in [3.8, 4) is 0 Å². The first-order chi connectivity index (χ1) is 13.2. The number of benzene rings is 2. The number of hydrogen-bond acceptors (Lipinski definition) is 4. The Kier molecular flexibility index (Phi) is 5.72. The summed E-state index contributed by atoms with van der Waals surface area (Å²) in [5, 5.41) is 6.02. The van der Waals surface area contributed by atoms with E-state index in [0.717, 1.165) is 52.4 Å². The lowest BCUT2D eigenvalue weighted by molar-refractivity contribution is -0.135. The van der Waals surface area contributed by atoms with Crippen LogP contribution in [0.1, 0.15) is 12.5 Å². The quantitative estimate of drug-likeness (QED) is 0.895. The Bertz CT molecular complexity index is 779. The molecule has 2 saturated heterocycles. The van der Waals surface area contributed by atoms with E-state index in [1.54, 1.807) is 0 Å². The van der Waals surface area contributed by atoms with Gasteiger partial charge in [-0.1, -0.05) is 42.5 Å². The predicted octanol–water partition coefficient (Wildman–Crippen LogP) is 1.78. The van der Waals surface area contributed by atoms with Crippen LogP contribution in [0.15, 0.2) is 42.5 Å². The molecule has 2 aliphatic rings. The second kappa shape index (κ2) is 8.38. The van der Waals surface area contributed by atoms with Gasteiger partial charge in [0.15, 0.2) is 0 Å². The van der Waals surface area contributed by atoms with Crippen molar-refractivity contribution in [2.45, 2.75) is 19.5 Å². The zero-order valence-electron chi connectivity index (χ0n) is 16.2. The molecule has 1 atom stereocenters. The average molecular weight is 367 g/mol. The SMILES string of the molecule is C[C@@H]1CNCCN1CC(=O)N1CCN(Cc2cccc3ccccc23)CC1. The van der Waals surface area contributed by atoms with Crippen LogP contribution in [0.3, 0.4) is 0 Å². The summed E-state index contributed by atoms with van der Waals surface area (Å²) in [7, 11) is 0. The highest BCUT2D eigenvalue weighted by atomic mass is 16.2. The van der Waals surface area contributed by atoms with Crippen molar-refractivity contribution in [3.05, 3.63) is 48.0 Å².